The van der Waals surface area contributed by atoms with Gasteiger partial charge in [0.2, 0.25) is 0 Å². The molecule has 0 saturated carbocycles. The Morgan fingerprint density at radius 3 is 3.21 bits per heavy atom. The molecular weight excluding hydrogens is 182 g/mol. The van der Waals surface area contributed by atoms with Crippen LogP contribution >= 0.6 is 0 Å². The van der Waals surface area contributed by atoms with E-state index in [0.29, 0.717) is 6.61 Å². The predicted octanol–water partition coefficient (Wildman–Crippen LogP) is 0.296. The highest BCUT2D eigenvalue weighted by Gasteiger charge is 2.35. The first-order valence-electron chi connectivity index (χ1n) is 4.95. The van der Waals surface area contributed by atoms with Crippen molar-refractivity contribution in [1.29, 1.82) is 0 Å². The van der Waals surface area contributed by atoms with Crippen molar-refractivity contribution >= 4 is 0 Å². The number of aryl methyl sites for hydroxylation is 1. The second-order valence-corrected chi connectivity index (χ2v) is 3.62. The minimum Gasteiger partial charge on any atom is -0.381 e. The lowest BCUT2D eigenvalue weighted by Gasteiger charge is -2.31. The molecule has 14 heavy (non-hydrogen) atoms. The van der Waals surface area contributed by atoms with E-state index in [4.69, 9.17) is 4.74 Å². The molecular formula is C9H15N3O2. The Morgan fingerprint density at radius 1 is 1.71 bits per heavy atom. The summed E-state index contributed by atoms with van der Waals surface area (Å²) in [5, 5.41) is 18.0. The van der Waals surface area contributed by atoms with Crippen molar-refractivity contribution in [1.82, 2.24) is 15.0 Å². The van der Waals surface area contributed by atoms with Gasteiger partial charge in [-0.05, 0) is 19.8 Å². The molecule has 1 saturated heterocycles. The Kier molecular flexibility index (Phi) is 2.52. The maximum atomic E-state index is 10.3. The number of rotatable bonds is 2. The summed E-state index contributed by atoms with van der Waals surface area (Å²) in [6, 6.07) is 0. The molecule has 1 aliphatic rings. The minimum absolute atomic E-state index is 0.348. The summed E-state index contributed by atoms with van der Waals surface area (Å²) in [5.41, 5.74) is -0.127. The molecule has 0 aliphatic carbocycles. The van der Waals surface area contributed by atoms with Crippen molar-refractivity contribution in [3.05, 3.63) is 11.9 Å². The van der Waals surface area contributed by atoms with E-state index in [-0.39, 0.29) is 0 Å². The molecule has 0 bridgehead atoms. The van der Waals surface area contributed by atoms with Gasteiger partial charge < -0.3 is 9.84 Å². The number of nitrogens with zero attached hydrogens (tertiary/aromatic N) is 3. The Morgan fingerprint density at radius 2 is 2.57 bits per heavy atom. The van der Waals surface area contributed by atoms with Crippen LogP contribution in [-0.4, -0.2) is 33.3 Å². The van der Waals surface area contributed by atoms with Crippen LogP contribution in [0.4, 0.5) is 0 Å². The van der Waals surface area contributed by atoms with Crippen LogP contribution < -0.4 is 0 Å². The van der Waals surface area contributed by atoms with Crippen LogP contribution in [0.25, 0.3) is 0 Å². The molecule has 1 fully saturated rings. The molecule has 1 N–H and O–H groups in total. The average molecular weight is 197 g/mol. The summed E-state index contributed by atoms with van der Waals surface area (Å²) in [4.78, 5) is 0. The molecule has 0 aromatic carbocycles. The van der Waals surface area contributed by atoms with Crippen LogP contribution in [0.5, 0.6) is 0 Å². The Hall–Kier alpha value is -0.940. The SMILES string of the molecule is CCn1nncc1C1(O)CCCOC1. The molecule has 78 valence electrons. The number of aromatic nitrogens is 3. The fraction of sp³-hybridized carbons (Fsp3) is 0.778. The third-order valence-electron chi connectivity index (χ3n) is 2.61. The third kappa shape index (κ3) is 1.53. The topological polar surface area (TPSA) is 60.2 Å². The number of ether oxygens (including phenoxy) is 1. The first-order chi connectivity index (χ1) is 6.76. The smallest absolute Gasteiger partial charge is 0.131 e. The molecule has 1 aromatic heterocycles. The maximum Gasteiger partial charge on any atom is 0.131 e. The van der Waals surface area contributed by atoms with Gasteiger partial charge in [-0.25, -0.2) is 4.68 Å². The van der Waals surface area contributed by atoms with Gasteiger partial charge in [0.15, 0.2) is 0 Å². The van der Waals surface area contributed by atoms with E-state index in [1.165, 1.54) is 0 Å². The van der Waals surface area contributed by atoms with Gasteiger partial charge in [0.05, 0.1) is 18.5 Å². The van der Waals surface area contributed by atoms with E-state index in [1.54, 1.807) is 10.9 Å². The zero-order valence-corrected chi connectivity index (χ0v) is 8.31. The molecule has 1 aromatic rings. The minimum atomic E-state index is -0.891. The summed E-state index contributed by atoms with van der Waals surface area (Å²) in [7, 11) is 0. The second kappa shape index (κ2) is 3.67. The van der Waals surface area contributed by atoms with Crippen LogP contribution in [0.1, 0.15) is 25.5 Å². The predicted molar refractivity (Wildman–Crippen MR) is 49.6 cm³/mol. The van der Waals surface area contributed by atoms with Crippen LogP contribution in [0, 0.1) is 0 Å². The van der Waals surface area contributed by atoms with Crippen molar-refractivity contribution in [3.8, 4) is 0 Å². The molecule has 1 unspecified atom stereocenters. The number of hydrogen-bond acceptors (Lipinski definition) is 4. The van der Waals surface area contributed by atoms with Gasteiger partial charge in [-0.1, -0.05) is 5.21 Å². The molecule has 0 radical (unpaired) electrons. The highest BCUT2D eigenvalue weighted by Crippen LogP contribution is 2.29. The van der Waals surface area contributed by atoms with Crippen LogP contribution in [0.15, 0.2) is 6.20 Å². The molecule has 0 amide bonds. The van der Waals surface area contributed by atoms with Crippen molar-refractivity contribution in [3.63, 3.8) is 0 Å². The van der Waals surface area contributed by atoms with E-state index in [9.17, 15) is 5.11 Å². The largest absolute Gasteiger partial charge is 0.381 e. The van der Waals surface area contributed by atoms with Gasteiger partial charge in [-0.3, -0.25) is 0 Å². The lowest BCUT2D eigenvalue weighted by molar-refractivity contribution is -0.0950. The lowest BCUT2D eigenvalue weighted by atomic mass is 9.93. The monoisotopic (exact) mass is 197 g/mol. The second-order valence-electron chi connectivity index (χ2n) is 3.62. The average Bonchev–Trinajstić information content (AvgIpc) is 2.67. The fourth-order valence-electron chi connectivity index (χ4n) is 1.83. The van der Waals surface area contributed by atoms with Gasteiger partial charge in [0.25, 0.3) is 0 Å². The van der Waals surface area contributed by atoms with Crippen molar-refractivity contribution in [2.45, 2.75) is 31.9 Å². The molecule has 0 spiro atoms. The first kappa shape index (κ1) is 9.61. The quantitative estimate of drug-likeness (QED) is 0.740. The normalized spacial score (nSPS) is 27.9. The van der Waals surface area contributed by atoms with Crippen LogP contribution in [-0.2, 0) is 16.9 Å². The van der Waals surface area contributed by atoms with Gasteiger partial charge in [-0.15, -0.1) is 5.10 Å². The first-order valence-corrected chi connectivity index (χ1v) is 4.95. The highest BCUT2D eigenvalue weighted by molar-refractivity contribution is 5.09. The number of aliphatic hydroxyl groups is 1. The summed E-state index contributed by atoms with van der Waals surface area (Å²) in [6.07, 6.45) is 3.23. The van der Waals surface area contributed by atoms with Gasteiger partial charge in [0.1, 0.15) is 5.60 Å². The molecule has 1 atom stereocenters. The fourth-order valence-corrected chi connectivity index (χ4v) is 1.83. The van der Waals surface area contributed by atoms with Crippen LogP contribution in [0.2, 0.25) is 0 Å². The Labute approximate surface area is 82.7 Å². The van der Waals surface area contributed by atoms with Crippen molar-refractivity contribution in [2.75, 3.05) is 13.2 Å². The zero-order valence-electron chi connectivity index (χ0n) is 8.31. The third-order valence-corrected chi connectivity index (χ3v) is 2.61. The lowest BCUT2D eigenvalue weighted by Crippen LogP contribution is -2.37. The van der Waals surface area contributed by atoms with E-state index in [0.717, 1.165) is 31.7 Å². The number of hydrogen-bond donors (Lipinski definition) is 1. The highest BCUT2D eigenvalue weighted by atomic mass is 16.5. The Bertz CT molecular complexity index is 305. The van der Waals surface area contributed by atoms with E-state index in [1.807, 2.05) is 6.92 Å². The van der Waals surface area contributed by atoms with Gasteiger partial charge >= 0.3 is 0 Å². The molecule has 5 heteroatoms. The molecule has 2 heterocycles. The van der Waals surface area contributed by atoms with E-state index >= 15 is 0 Å². The molecule has 5 nitrogen and oxygen atoms in total. The summed E-state index contributed by atoms with van der Waals surface area (Å²) in [6.45, 7) is 3.78. The Balaban J connectivity index is 2.27. The van der Waals surface area contributed by atoms with E-state index < -0.39 is 5.60 Å². The van der Waals surface area contributed by atoms with Crippen LogP contribution in [0.3, 0.4) is 0 Å². The maximum absolute atomic E-state index is 10.3. The molecule has 1 aliphatic heterocycles. The summed E-state index contributed by atoms with van der Waals surface area (Å²) >= 11 is 0. The summed E-state index contributed by atoms with van der Waals surface area (Å²) < 4.78 is 7.01. The summed E-state index contributed by atoms with van der Waals surface area (Å²) in [5.74, 6) is 0. The molecule has 2 rings (SSSR count). The van der Waals surface area contributed by atoms with Crippen molar-refractivity contribution in [2.24, 2.45) is 0 Å². The van der Waals surface area contributed by atoms with Gasteiger partial charge in [-0.2, -0.15) is 0 Å². The standard InChI is InChI=1S/C9H15N3O2/c1-2-12-8(6-10-11-12)9(13)4-3-5-14-7-9/h6,13H,2-5,7H2,1H3. The van der Waals surface area contributed by atoms with Crippen molar-refractivity contribution < 1.29 is 9.84 Å². The van der Waals surface area contributed by atoms with E-state index in [2.05, 4.69) is 10.3 Å². The zero-order chi connectivity index (χ0) is 10.0. The van der Waals surface area contributed by atoms with Gasteiger partial charge in [0, 0.05) is 13.2 Å².